The van der Waals surface area contributed by atoms with Crippen LogP contribution < -0.4 is 10.5 Å². The van der Waals surface area contributed by atoms with Gasteiger partial charge < -0.3 is 10.5 Å². The molecule has 4 nitrogen and oxygen atoms in total. The van der Waals surface area contributed by atoms with E-state index < -0.39 is 0 Å². The molecular formula is C11H11N3OS. The second-order valence-corrected chi connectivity index (χ2v) is 4.05. The van der Waals surface area contributed by atoms with Crippen molar-refractivity contribution in [3.63, 3.8) is 0 Å². The van der Waals surface area contributed by atoms with Crippen LogP contribution in [0.25, 0.3) is 0 Å². The van der Waals surface area contributed by atoms with Crippen molar-refractivity contribution >= 4 is 17.4 Å². The molecule has 0 aliphatic carbocycles. The van der Waals surface area contributed by atoms with Crippen LogP contribution in [0.2, 0.25) is 0 Å². The van der Waals surface area contributed by atoms with Gasteiger partial charge in [-0.2, -0.15) is 0 Å². The summed E-state index contributed by atoms with van der Waals surface area (Å²) in [6, 6.07) is 7.35. The van der Waals surface area contributed by atoms with E-state index >= 15 is 0 Å². The third-order valence-corrected chi connectivity index (χ3v) is 2.93. The summed E-state index contributed by atoms with van der Waals surface area (Å²) >= 11 is 1.43. The number of nitrogens with zero attached hydrogens (tertiary/aromatic N) is 2. The zero-order valence-electron chi connectivity index (χ0n) is 8.75. The lowest BCUT2D eigenvalue weighted by atomic mass is 10.4. The molecule has 5 heteroatoms. The number of rotatable bonds is 3. The van der Waals surface area contributed by atoms with Gasteiger partial charge in [0, 0.05) is 6.20 Å². The first-order chi connectivity index (χ1) is 7.79. The fourth-order valence-electron chi connectivity index (χ4n) is 1.14. The molecule has 0 aliphatic heterocycles. The van der Waals surface area contributed by atoms with Gasteiger partial charge in [-0.25, -0.2) is 9.97 Å². The van der Waals surface area contributed by atoms with E-state index in [0.29, 0.717) is 5.69 Å². The molecule has 0 saturated heterocycles. The van der Waals surface area contributed by atoms with Crippen LogP contribution in [-0.4, -0.2) is 17.1 Å². The predicted octanol–water partition coefficient (Wildman–Crippen LogP) is 2.22. The molecule has 0 unspecified atom stereocenters. The van der Waals surface area contributed by atoms with Gasteiger partial charge in [0.2, 0.25) is 0 Å². The Kier molecular flexibility index (Phi) is 3.26. The first-order valence-corrected chi connectivity index (χ1v) is 5.49. The monoisotopic (exact) mass is 233 g/mol. The Morgan fingerprint density at radius 3 is 2.75 bits per heavy atom. The molecule has 0 amide bonds. The van der Waals surface area contributed by atoms with E-state index in [-0.39, 0.29) is 0 Å². The van der Waals surface area contributed by atoms with Crippen molar-refractivity contribution in [2.75, 3.05) is 12.8 Å². The average Bonchev–Trinajstić information content (AvgIpc) is 2.33. The van der Waals surface area contributed by atoms with Gasteiger partial charge in [-0.3, -0.25) is 0 Å². The van der Waals surface area contributed by atoms with E-state index in [1.807, 2.05) is 18.2 Å². The minimum absolute atomic E-state index is 0.658. The Labute approximate surface area is 97.9 Å². The molecule has 2 aromatic rings. The van der Waals surface area contributed by atoms with Crippen molar-refractivity contribution in [2.24, 2.45) is 0 Å². The Balaban J connectivity index is 2.18. The molecule has 0 spiro atoms. The molecule has 2 aromatic heterocycles. The minimum Gasteiger partial charge on any atom is -0.495 e. The number of hydrogen-bond acceptors (Lipinski definition) is 5. The van der Waals surface area contributed by atoms with Crippen LogP contribution in [0, 0.1) is 0 Å². The number of nitrogen functional groups attached to an aromatic ring is 1. The summed E-state index contributed by atoms with van der Waals surface area (Å²) in [6.45, 7) is 0. The number of anilines is 1. The molecule has 0 aromatic carbocycles. The quantitative estimate of drug-likeness (QED) is 0.880. The molecule has 0 aliphatic rings. The Bertz CT molecular complexity index is 473. The summed E-state index contributed by atoms with van der Waals surface area (Å²) in [7, 11) is 1.61. The summed E-state index contributed by atoms with van der Waals surface area (Å²) in [5.41, 5.74) is 6.45. The smallest absolute Gasteiger partial charge is 0.137 e. The van der Waals surface area contributed by atoms with Gasteiger partial charge >= 0.3 is 0 Å². The number of ether oxygens (including phenoxy) is 1. The predicted molar refractivity (Wildman–Crippen MR) is 63.6 cm³/mol. The third kappa shape index (κ3) is 2.43. The maximum absolute atomic E-state index is 5.79. The minimum atomic E-state index is 0.658. The number of hydrogen-bond donors (Lipinski definition) is 1. The largest absolute Gasteiger partial charge is 0.495 e. The van der Waals surface area contributed by atoms with E-state index in [4.69, 9.17) is 10.5 Å². The fraction of sp³-hybridized carbons (Fsp3) is 0.0909. The van der Waals surface area contributed by atoms with Crippen molar-refractivity contribution in [2.45, 2.75) is 10.1 Å². The highest BCUT2D eigenvalue weighted by atomic mass is 32.2. The Morgan fingerprint density at radius 1 is 1.25 bits per heavy atom. The SMILES string of the molecule is COc1ccc(Sc2ncccc2N)nc1. The Morgan fingerprint density at radius 2 is 2.12 bits per heavy atom. The van der Waals surface area contributed by atoms with Crippen molar-refractivity contribution in [1.82, 2.24) is 9.97 Å². The Hall–Kier alpha value is -1.75. The topological polar surface area (TPSA) is 61.0 Å². The van der Waals surface area contributed by atoms with Gasteiger partial charge in [0.25, 0.3) is 0 Å². The van der Waals surface area contributed by atoms with Crippen LogP contribution in [0.4, 0.5) is 5.69 Å². The van der Waals surface area contributed by atoms with Gasteiger partial charge in [-0.15, -0.1) is 0 Å². The third-order valence-electron chi connectivity index (χ3n) is 1.95. The van der Waals surface area contributed by atoms with Crippen molar-refractivity contribution in [1.29, 1.82) is 0 Å². The van der Waals surface area contributed by atoms with Crippen LogP contribution in [0.1, 0.15) is 0 Å². The molecule has 2 rings (SSSR count). The molecule has 82 valence electrons. The highest BCUT2D eigenvalue weighted by Crippen LogP contribution is 2.28. The lowest BCUT2D eigenvalue weighted by Gasteiger charge is -2.03. The maximum Gasteiger partial charge on any atom is 0.137 e. The van der Waals surface area contributed by atoms with Crippen molar-refractivity contribution in [3.8, 4) is 5.75 Å². The molecule has 0 radical (unpaired) electrons. The zero-order valence-corrected chi connectivity index (χ0v) is 9.57. The van der Waals surface area contributed by atoms with Crippen LogP contribution in [0.5, 0.6) is 5.75 Å². The molecule has 0 fully saturated rings. The maximum atomic E-state index is 5.79. The molecule has 16 heavy (non-hydrogen) atoms. The molecule has 2 N–H and O–H groups in total. The summed E-state index contributed by atoms with van der Waals surface area (Å²) < 4.78 is 5.03. The lowest BCUT2D eigenvalue weighted by molar-refractivity contribution is 0.412. The highest BCUT2D eigenvalue weighted by Gasteiger charge is 2.03. The first kappa shape index (κ1) is 10.8. The van der Waals surface area contributed by atoms with Gasteiger partial charge in [0.05, 0.1) is 19.0 Å². The normalized spacial score (nSPS) is 10.1. The van der Waals surface area contributed by atoms with Gasteiger partial charge in [-0.1, -0.05) is 0 Å². The molecule has 2 heterocycles. The molecular weight excluding hydrogens is 222 g/mol. The van der Waals surface area contributed by atoms with E-state index in [2.05, 4.69) is 9.97 Å². The standard InChI is InChI=1S/C11H11N3OS/c1-15-8-4-5-10(14-7-8)16-11-9(12)3-2-6-13-11/h2-7H,12H2,1H3. The highest BCUT2D eigenvalue weighted by molar-refractivity contribution is 7.99. The van der Waals surface area contributed by atoms with Crippen LogP contribution in [0.15, 0.2) is 46.7 Å². The molecule has 0 bridgehead atoms. The fourth-order valence-corrected chi connectivity index (χ4v) is 1.87. The van der Waals surface area contributed by atoms with E-state index in [1.165, 1.54) is 11.8 Å². The van der Waals surface area contributed by atoms with Crippen molar-refractivity contribution in [3.05, 3.63) is 36.7 Å². The lowest BCUT2D eigenvalue weighted by Crippen LogP contribution is -1.91. The average molecular weight is 233 g/mol. The van der Waals surface area contributed by atoms with E-state index in [0.717, 1.165) is 15.8 Å². The summed E-state index contributed by atoms with van der Waals surface area (Å²) in [5.74, 6) is 0.735. The summed E-state index contributed by atoms with van der Waals surface area (Å²) in [6.07, 6.45) is 3.38. The molecule has 0 saturated carbocycles. The van der Waals surface area contributed by atoms with Crippen LogP contribution in [-0.2, 0) is 0 Å². The number of aromatic nitrogens is 2. The second-order valence-electron chi connectivity index (χ2n) is 3.04. The number of pyridine rings is 2. The van der Waals surface area contributed by atoms with Gasteiger partial charge in [0.1, 0.15) is 15.8 Å². The number of nitrogens with two attached hydrogens (primary N) is 1. The summed E-state index contributed by atoms with van der Waals surface area (Å²) in [5, 5.41) is 1.60. The van der Waals surface area contributed by atoms with E-state index in [1.54, 1.807) is 25.6 Å². The van der Waals surface area contributed by atoms with Crippen LogP contribution >= 0.6 is 11.8 Å². The second kappa shape index (κ2) is 4.85. The van der Waals surface area contributed by atoms with Gasteiger partial charge in [0.15, 0.2) is 0 Å². The van der Waals surface area contributed by atoms with E-state index in [9.17, 15) is 0 Å². The summed E-state index contributed by atoms with van der Waals surface area (Å²) in [4.78, 5) is 8.41. The van der Waals surface area contributed by atoms with Crippen molar-refractivity contribution < 1.29 is 4.74 Å². The first-order valence-electron chi connectivity index (χ1n) is 4.68. The van der Waals surface area contributed by atoms with Gasteiger partial charge in [-0.05, 0) is 36.0 Å². The zero-order chi connectivity index (χ0) is 11.4. The van der Waals surface area contributed by atoms with Crippen LogP contribution in [0.3, 0.4) is 0 Å². The molecule has 0 atom stereocenters. The number of methoxy groups -OCH3 is 1.